The SMILES string of the molecule is Cc1c(CNC(=O)N2CCCCC2CCO)oc2ccc(F)cc12. The zero-order valence-electron chi connectivity index (χ0n) is 13.8. The number of furan rings is 1. The van der Waals surface area contributed by atoms with Crippen LogP contribution in [0.2, 0.25) is 0 Å². The number of rotatable bonds is 4. The minimum absolute atomic E-state index is 0.0860. The summed E-state index contributed by atoms with van der Waals surface area (Å²) < 4.78 is 19.1. The van der Waals surface area contributed by atoms with Gasteiger partial charge in [-0.25, -0.2) is 9.18 Å². The van der Waals surface area contributed by atoms with Gasteiger partial charge >= 0.3 is 6.03 Å². The molecule has 1 saturated heterocycles. The molecule has 6 heteroatoms. The minimum Gasteiger partial charge on any atom is -0.459 e. The summed E-state index contributed by atoms with van der Waals surface area (Å²) in [4.78, 5) is 14.3. The van der Waals surface area contributed by atoms with Crippen LogP contribution in [0.1, 0.15) is 37.0 Å². The molecular weight excluding hydrogens is 311 g/mol. The second-order valence-electron chi connectivity index (χ2n) is 6.30. The largest absolute Gasteiger partial charge is 0.459 e. The number of benzene rings is 1. The van der Waals surface area contributed by atoms with Crippen molar-refractivity contribution in [3.63, 3.8) is 0 Å². The molecule has 2 N–H and O–H groups in total. The van der Waals surface area contributed by atoms with Gasteiger partial charge in [0.05, 0.1) is 6.54 Å². The van der Waals surface area contributed by atoms with Gasteiger partial charge < -0.3 is 19.7 Å². The van der Waals surface area contributed by atoms with Crippen molar-refractivity contribution < 1.29 is 18.7 Å². The van der Waals surface area contributed by atoms with Crippen molar-refractivity contribution in [3.8, 4) is 0 Å². The Morgan fingerprint density at radius 3 is 3.08 bits per heavy atom. The standard InChI is InChI=1S/C18H23FN2O3/c1-12-15-10-13(19)5-6-16(15)24-17(12)11-20-18(23)21-8-3-2-4-14(21)7-9-22/h5-6,10,14,22H,2-4,7-9,11H2,1H3,(H,20,23). The lowest BCUT2D eigenvalue weighted by Crippen LogP contribution is -2.48. The predicted octanol–water partition coefficient (Wildman–Crippen LogP) is 3.33. The number of likely N-dealkylation sites (tertiary alicyclic amines) is 1. The summed E-state index contributed by atoms with van der Waals surface area (Å²) in [5.41, 5.74) is 1.46. The van der Waals surface area contributed by atoms with Crippen LogP contribution < -0.4 is 5.32 Å². The average molecular weight is 334 g/mol. The van der Waals surface area contributed by atoms with Crippen LogP contribution in [0.25, 0.3) is 11.0 Å². The molecule has 1 fully saturated rings. The minimum atomic E-state index is -0.304. The number of aliphatic hydroxyl groups is 1. The third-order valence-electron chi connectivity index (χ3n) is 4.75. The van der Waals surface area contributed by atoms with Crippen LogP contribution in [0, 0.1) is 12.7 Å². The Hall–Kier alpha value is -2.08. The lowest BCUT2D eigenvalue weighted by molar-refractivity contribution is 0.131. The van der Waals surface area contributed by atoms with Crippen molar-refractivity contribution in [2.75, 3.05) is 13.2 Å². The predicted molar refractivity (Wildman–Crippen MR) is 89.2 cm³/mol. The molecule has 1 aliphatic heterocycles. The Kier molecular flexibility index (Phi) is 5.04. The molecule has 1 aromatic carbocycles. The van der Waals surface area contributed by atoms with Crippen LogP contribution >= 0.6 is 0 Å². The Morgan fingerprint density at radius 1 is 1.46 bits per heavy atom. The van der Waals surface area contributed by atoms with E-state index in [1.165, 1.54) is 12.1 Å². The normalized spacial score (nSPS) is 18.1. The molecule has 0 bridgehead atoms. The Bertz CT molecular complexity index is 726. The molecule has 1 atom stereocenters. The second-order valence-corrected chi connectivity index (χ2v) is 6.30. The summed E-state index contributed by atoms with van der Waals surface area (Å²) >= 11 is 0. The Labute approximate surface area is 140 Å². The van der Waals surface area contributed by atoms with E-state index in [-0.39, 0.29) is 31.0 Å². The van der Waals surface area contributed by atoms with Crippen LogP contribution in [0.3, 0.4) is 0 Å². The molecule has 2 amide bonds. The van der Waals surface area contributed by atoms with Gasteiger partial charge in [-0.1, -0.05) is 0 Å². The van der Waals surface area contributed by atoms with Crippen LogP contribution in [-0.4, -0.2) is 35.2 Å². The topological polar surface area (TPSA) is 65.7 Å². The molecule has 0 saturated carbocycles. The van der Waals surface area contributed by atoms with Gasteiger partial charge in [0.2, 0.25) is 0 Å². The first-order valence-corrected chi connectivity index (χ1v) is 8.43. The molecule has 0 spiro atoms. The molecular formula is C18H23FN2O3. The van der Waals surface area contributed by atoms with E-state index in [0.717, 1.165) is 30.2 Å². The van der Waals surface area contributed by atoms with E-state index in [9.17, 15) is 9.18 Å². The summed E-state index contributed by atoms with van der Waals surface area (Å²) in [6.07, 6.45) is 3.61. The maximum absolute atomic E-state index is 13.4. The van der Waals surface area contributed by atoms with Gasteiger partial charge in [0.25, 0.3) is 0 Å². The summed E-state index contributed by atoms with van der Waals surface area (Å²) in [5, 5.41) is 12.8. The van der Waals surface area contributed by atoms with E-state index in [1.54, 1.807) is 11.0 Å². The highest BCUT2D eigenvalue weighted by Crippen LogP contribution is 2.26. The van der Waals surface area contributed by atoms with E-state index in [1.807, 2.05) is 6.92 Å². The molecule has 2 heterocycles. The van der Waals surface area contributed by atoms with Gasteiger partial charge in [-0.05, 0) is 50.8 Å². The molecule has 0 radical (unpaired) electrons. The monoisotopic (exact) mass is 334 g/mol. The van der Waals surface area contributed by atoms with Crippen molar-refractivity contribution in [2.24, 2.45) is 0 Å². The fourth-order valence-electron chi connectivity index (χ4n) is 3.39. The number of fused-ring (bicyclic) bond motifs is 1. The zero-order chi connectivity index (χ0) is 17.1. The highest BCUT2D eigenvalue weighted by atomic mass is 19.1. The van der Waals surface area contributed by atoms with Crippen molar-refractivity contribution in [2.45, 2.75) is 45.2 Å². The summed E-state index contributed by atoms with van der Waals surface area (Å²) in [6.45, 7) is 2.93. The van der Waals surface area contributed by atoms with E-state index in [4.69, 9.17) is 9.52 Å². The Morgan fingerprint density at radius 2 is 2.29 bits per heavy atom. The smallest absolute Gasteiger partial charge is 0.318 e. The van der Waals surface area contributed by atoms with Crippen LogP contribution in [0.4, 0.5) is 9.18 Å². The van der Waals surface area contributed by atoms with Crippen molar-refractivity contribution in [1.29, 1.82) is 0 Å². The van der Waals surface area contributed by atoms with Crippen LogP contribution in [0.5, 0.6) is 0 Å². The molecule has 0 aliphatic carbocycles. The number of hydrogen-bond donors (Lipinski definition) is 2. The first-order valence-electron chi connectivity index (χ1n) is 8.43. The quantitative estimate of drug-likeness (QED) is 0.901. The second kappa shape index (κ2) is 7.21. The number of nitrogens with one attached hydrogen (secondary N) is 1. The summed E-state index contributed by atoms with van der Waals surface area (Å²) in [5.74, 6) is 0.335. The lowest BCUT2D eigenvalue weighted by Gasteiger charge is -2.35. The van der Waals surface area contributed by atoms with Gasteiger partial charge in [-0.2, -0.15) is 0 Å². The molecule has 24 heavy (non-hydrogen) atoms. The zero-order valence-corrected chi connectivity index (χ0v) is 13.8. The number of aliphatic hydroxyl groups excluding tert-OH is 1. The molecule has 3 rings (SSSR count). The van der Waals surface area contributed by atoms with Crippen molar-refractivity contribution in [3.05, 3.63) is 35.3 Å². The first-order chi connectivity index (χ1) is 11.6. The third kappa shape index (κ3) is 3.38. The van der Waals surface area contributed by atoms with E-state index in [2.05, 4.69) is 5.32 Å². The fraction of sp³-hybridized carbons (Fsp3) is 0.500. The van der Waals surface area contributed by atoms with Crippen molar-refractivity contribution in [1.82, 2.24) is 10.2 Å². The highest BCUT2D eigenvalue weighted by Gasteiger charge is 2.26. The number of urea groups is 1. The van der Waals surface area contributed by atoms with E-state index >= 15 is 0 Å². The average Bonchev–Trinajstić information content (AvgIpc) is 2.89. The van der Waals surface area contributed by atoms with E-state index in [0.29, 0.717) is 24.3 Å². The van der Waals surface area contributed by atoms with Gasteiger partial charge in [0.1, 0.15) is 17.2 Å². The lowest BCUT2D eigenvalue weighted by atomic mass is 10.0. The third-order valence-corrected chi connectivity index (χ3v) is 4.75. The van der Waals surface area contributed by atoms with Crippen LogP contribution in [0.15, 0.2) is 22.6 Å². The maximum atomic E-state index is 13.4. The number of carbonyl (C=O) groups excluding carboxylic acids is 1. The summed E-state index contributed by atoms with van der Waals surface area (Å²) in [6, 6.07) is 4.36. The molecule has 1 aromatic heterocycles. The number of nitrogens with zero attached hydrogens (tertiary/aromatic N) is 1. The molecule has 5 nitrogen and oxygen atoms in total. The maximum Gasteiger partial charge on any atom is 0.318 e. The number of carbonyl (C=O) groups is 1. The van der Waals surface area contributed by atoms with Gasteiger partial charge in [0.15, 0.2) is 0 Å². The number of hydrogen-bond acceptors (Lipinski definition) is 3. The Balaban J connectivity index is 1.68. The number of amides is 2. The van der Waals surface area contributed by atoms with Crippen LogP contribution in [-0.2, 0) is 6.54 Å². The number of aryl methyl sites for hydroxylation is 1. The molecule has 2 aromatic rings. The first kappa shape index (κ1) is 16.8. The van der Waals surface area contributed by atoms with Gasteiger partial charge in [-0.3, -0.25) is 0 Å². The fourth-order valence-corrected chi connectivity index (χ4v) is 3.39. The summed E-state index contributed by atoms with van der Waals surface area (Å²) in [7, 11) is 0. The van der Waals surface area contributed by atoms with Crippen molar-refractivity contribution >= 4 is 17.0 Å². The number of piperidine rings is 1. The molecule has 1 unspecified atom stereocenters. The highest BCUT2D eigenvalue weighted by molar-refractivity contribution is 5.82. The molecule has 130 valence electrons. The number of halogens is 1. The van der Waals surface area contributed by atoms with Gasteiger partial charge in [-0.15, -0.1) is 0 Å². The molecule has 1 aliphatic rings. The van der Waals surface area contributed by atoms with E-state index < -0.39 is 0 Å². The van der Waals surface area contributed by atoms with Gasteiger partial charge in [0, 0.05) is 30.1 Å².